The molecule has 0 radical (unpaired) electrons. The van der Waals surface area contributed by atoms with Crippen LogP contribution in [0.1, 0.15) is 13.3 Å². The first kappa shape index (κ1) is 9.99. The summed E-state index contributed by atoms with van der Waals surface area (Å²) >= 11 is 0. The quantitative estimate of drug-likeness (QED) is 0.628. The van der Waals surface area contributed by atoms with Crippen LogP contribution in [0.25, 0.3) is 0 Å². The second-order valence-electron chi connectivity index (χ2n) is 3.47. The highest BCUT2D eigenvalue weighted by Crippen LogP contribution is 2.26. The molecule has 2 unspecified atom stereocenters. The van der Waals surface area contributed by atoms with Crippen molar-refractivity contribution in [3.8, 4) is 0 Å². The highest BCUT2D eigenvalue weighted by molar-refractivity contribution is 5.75. The number of hydrogen-bond acceptors (Lipinski definition) is 3. The van der Waals surface area contributed by atoms with E-state index in [1.807, 2.05) is 6.92 Å². The van der Waals surface area contributed by atoms with Crippen molar-refractivity contribution in [3.63, 3.8) is 0 Å². The Labute approximate surface area is 77.9 Å². The van der Waals surface area contributed by atoms with Crippen molar-refractivity contribution in [2.75, 3.05) is 6.54 Å². The Bertz CT molecular complexity index is 256. The zero-order valence-electron chi connectivity index (χ0n) is 7.73. The van der Waals surface area contributed by atoms with Crippen molar-refractivity contribution in [2.24, 2.45) is 17.6 Å². The summed E-state index contributed by atoms with van der Waals surface area (Å²) in [5, 5.41) is 9.35. The summed E-state index contributed by atoms with van der Waals surface area (Å²) in [5.41, 5.74) is 6.25. The first-order valence-electron chi connectivity index (χ1n) is 4.44. The van der Waals surface area contributed by atoms with Crippen LogP contribution in [0.3, 0.4) is 0 Å². The predicted octanol–water partition coefficient (Wildman–Crippen LogP) is 1.17. The van der Waals surface area contributed by atoms with Crippen molar-refractivity contribution < 1.29 is 9.90 Å². The smallest absolute Gasteiger partial charge is 0.146 e. The van der Waals surface area contributed by atoms with E-state index in [-0.39, 0.29) is 11.8 Å². The molecule has 1 aliphatic carbocycles. The highest BCUT2D eigenvalue weighted by Gasteiger charge is 2.22. The van der Waals surface area contributed by atoms with Gasteiger partial charge in [0.25, 0.3) is 0 Å². The van der Waals surface area contributed by atoms with Gasteiger partial charge in [-0.25, -0.2) is 0 Å². The zero-order valence-corrected chi connectivity index (χ0v) is 7.73. The molecule has 0 bridgehead atoms. The minimum Gasteiger partial charge on any atom is -0.512 e. The second kappa shape index (κ2) is 4.23. The third kappa shape index (κ3) is 2.18. The van der Waals surface area contributed by atoms with Crippen LogP contribution in [0.2, 0.25) is 0 Å². The zero-order chi connectivity index (χ0) is 9.84. The maximum absolute atomic E-state index is 10.7. The average molecular weight is 181 g/mol. The van der Waals surface area contributed by atoms with E-state index in [0.29, 0.717) is 24.3 Å². The molecule has 1 aliphatic rings. The van der Waals surface area contributed by atoms with Crippen molar-refractivity contribution in [3.05, 3.63) is 23.5 Å². The fraction of sp³-hybridized carbons (Fsp3) is 0.500. The number of aldehydes is 1. The molecular formula is C10H15NO2. The van der Waals surface area contributed by atoms with Gasteiger partial charge in [0, 0.05) is 12.3 Å². The summed E-state index contributed by atoms with van der Waals surface area (Å²) in [4.78, 5) is 10.7. The molecule has 3 heteroatoms. The fourth-order valence-corrected chi connectivity index (χ4v) is 1.68. The van der Waals surface area contributed by atoms with Gasteiger partial charge in [0.1, 0.15) is 6.29 Å². The van der Waals surface area contributed by atoms with Gasteiger partial charge < -0.3 is 10.8 Å². The van der Waals surface area contributed by atoms with Gasteiger partial charge in [0.2, 0.25) is 0 Å². The molecule has 3 N–H and O–H groups in total. The number of carbonyl (C=O) groups excluding carboxylic acids is 1. The summed E-state index contributed by atoms with van der Waals surface area (Å²) in [6, 6.07) is 0. The molecule has 0 amide bonds. The van der Waals surface area contributed by atoms with Crippen LogP contribution < -0.4 is 5.73 Å². The first-order chi connectivity index (χ1) is 6.19. The Hall–Kier alpha value is -1.09. The molecular weight excluding hydrogens is 166 g/mol. The molecule has 2 atom stereocenters. The number of hydrogen-bond donors (Lipinski definition) is 2. The maximum atomic E-state index is 10.7. The van der Waals surface area contributed by atoms with Crippen LogP contribution in [-0.4, -0.2) is 17.9 Å². The van der Waals surface area contributed by atoms with Crippen LogP contribution in [0.4, 0.5) is 0 Å². The van der Waals surface area contributed by atoms with Gasteiger partial charge in [-0.1, -0.05) is 13.0 Å². The maximum Gasteiger partial charge on any atom is 0.146 e. The molecule has 0 fully saturated rings. The van der Waals surface area contributed by atoms with Gasteiger partial charge >= 0.3 is 0 Å². The summed E-state index contributed by atoms with van der Waals surface area (Å²) in [5.74, 6) is 0.612. The van der Waals surface area contributed by atoms with E-state index in [4.69, 9.17) is 5.73 Å². The van der Waals surface area contributed by atoms with E-state index in [2.05, 4.69) is 0 Å². The molecule has 0 spiro atoms. The molecule has 0 aromatic heterocycles. The molecule has 0 aromatic rings. The standard InChI is InChI=1S/C10H15NO2/c1-7-4-9(13)3-2-8(6-12)10(7)5-11/h2-3,6-7,10,13H,4-5,11H2,1H3. The van der Waals surface area contributed by atoms with Crippen molar-refractivity contribution in [2.45, 2.75) is 13.3 Å². The Morgan fingerprint density at radius 3 is 2.92 bits per heavy atom. The van der Waals surface area contributed by atoms with Gasteiger partial charge in [-0.2, -0.15) is 0 Å². The minimum absolute atomic E-state index is 0.0680. The van der Waals surface area contributed by atoms with Gasteiger partial charge in [-0.05, 0) is 24.1 Å². The molecule has 0 heterocycles. The Morgan fingerprint density at radius 2 is 2.38 bits per heavy atom. The second-order valence-corrected chi connectivity index (χ2v) is 3.47. The van der Waals surface area contributed by atoms with E-state index in [1.165, 1.54) is 0 Å². The third-order valence-corrected chi connectivity index (χ3v) is 2.50. The minimum atomic E-state index is 0.0680. The van der Waals surface area contributed by atoms with Crippen LogP contribution in [0.15, 0.2) is 23.5 Å². The van der Waals surface area contributed by atoms with E-state index in [1.54, 1.807) is 12.2 Å². The van der Waals surface area contributed by atoms with Crippen molar-refractivity contribution in [1.82, 2.24) is 0 Å². The van der Waals surface area contributed by atoms with Gasteiger partial charge in [0.15, 0.2) is 0 Å². The molecule has 72 valence electrons. The monoisotopic (exact) mass is 181 g/mol. The topological polar surface area (TPSA) is 63.3 Å². The van der Waals surface area contributed by atoms with Crippen molar-refractivity contribution in [1.29, 1.82) is 0 Å². The molecule has 3 nitrogen and oxygen atoms in total. The summed E-state index contributed by atoms with van der Waals surface area (Å²) in [6.07, 6.45) is 4.65. The van der Waals surface area contributed by atoms with Crippen molar-refractivity contribution >= 4 is 6.29 Å². The van der Waals surface area contributed by atoms with Crippen LogP contribution in [0, 0.1) is 11.8 Å². The van der Waals surface area contributed by atoms with E-state index in [9.17, 15) is 9.90 Å². The molecule has 0 aliphatic heterocycles. The van der Waals surface area contributed by atoms with Gasteiger partial charge in [-0.15, -0.1) is 0 Å². The number of nitrogens with two attached hydrogens (primary N) is 1. The predicted molar refractivity (Wildman–Crippen MR) is 51.2 cm³/mol. The summed E-state index contributed by atoms with van der Waals surface area (Å²) < 4.78 is 0. The lowest BCUT2D eigenvalue weighted by Gasteiger charge is -2.20. The third-order valence-electron chi connectivity index (χ3n) is 2.50. The SMILES string of the molecule is CC1CC(O)=CC=C(C=O)C1CN. The normalized spacial score (nSPS) is 28.8. The lowest BCUT2D eigenvalue weighted by atomic mass is 9.86. The van der Waals surface area contributed by atoms with E-state index < -0.39 is 0 Å². The van der Waals surface area contributed by atoms with E-state index in [0.717, 1.165) is 6.29 Å². The lowest BCUT2D eigenvalue weighted by Crippen LogP contribution is -2.23. The summed E-state index contributed by atoms with van der Waals surface area (Å²) in [7, 11) is 0. The van der Waals surface area contributed by atoms with Crippen LogP contribution >= 0.6 is 0 Å². The largest absolute Gasteiger partial charge is 0.512 e. The Kier molecular flexibility index (Phi) is 3.25. The number of aliphatic hydroxyl groups is 1. The van der Waals surface area contributed by atoms with Gasteiger partial charge in [0.05, 0.1) is 5.76 Å². The molecule has 0 aromatic carbocycles. The van der Waals surface area contributed by atoms with E-state index >= 15 is 0 Å². The summed E-state index contributed by atoms with van der Waals surface area (Å²) in [6.45, 7) is 2.44. The molecule has 13 heavy (non-hydrogen) atoms. The number of rotatable bonds is 2. The van der Waals surface area contributed by atoms with Crippen LogP contribution in [0.5, 0.6) is 0 Å². The molecule has 0 saturated heterocycles. The Morgan fingerprint density at radius 1 is 1.69 bits per heavy atom. The Balaban J connectivity index is 2.92. The average Bonchev–Trinajstić information content (AvgIpc) is 2.23. The highest BCUT2D eigenvalue weighted by atomic mass is 16.3. The first-order valence-corrected chi connectivity index (χ1v) is 4.44. The molecule has 1 rings (SSSR count). The fourth-order valence-electron chi connectivity index (χ4n) is 1.68. The number of aliphatic hydroxyl groups excluding tert-OH is 1. The molecule has 0 saturated carbocycles. The van der Waals surface area contributed by atoms with Crippen LogP contribution in [-0.2, 0) is 4.79 Å². The lowest BCUT2D eigenvalue weighted by molar-refractivity contribution is -0.105. The van der Waals surface area contributed by atoms with Gasteiger partial charge in [-0.3, -0.25) is 4.79 Å². The number of allylic oxidation sites excluding steroid dienone is 3. The number of carbonyl (C=O) groups is 1.